The lowest BCUT2D eigenvalue weighted by Crippen LogP contribution is -2.44. The zero-order chi connectivity index (χ0) is 19.6. The van der Waals surface area contributed by atoms with Crippen molar-refractivity contribution in [2.24, 2.45) is 0 Å². The Kier molecular flexibility index (Phi) is 5.15. The highest BCUT2D eigenvalue weighted by molar-refractivity contribution is 7.44. The summed E-state index contributed by atoms with van der Waals surface area (Å²) in [6.07, 6.45) is -1.75. The highest BCUT2D eigenvalue weighted by Gasteiger charge is 2.60. The summed E-state index contributed by atoms with van der Waals surface area (Å²) >= 11 is 0. The maximum absolute atomic E-state index is 6.51. The lowest BCUT2D eigenvalue weighted by atomic mass is 10.1. The Morgan fingerprint density at radius 3 is 2.37 bits per heavy atom. The maximum atomic E-state index is 6.51. The Morgan fingerprint density at radius 1 is 1.00 bits per heavy atom. The summed E-state index contributed by atoms with van der Waals surface area (Å²) in [5, 5.41) is 0. The standard InChI is InChI=1S/C18H32NO7P/c1-16(2,3)19-8-9-21-27(19)26-13-12(11-10-20-17(4,5)23-11)22-15-14(13)24-18(6,7)25-15/h11-15H,8-10H2,1-7H3/t11-,12+,13+,14-,15+,27?/m1/s1. The molecule has 0 N–H and O–H groups in total. The van der Waals surface area contributed by atoms with Gasteiger partial charge in [-0.25, -0.2) is 4.67 Å². The summed E-state index contributed by atoms with van der Waals surface area (Å²) < 4.78 is 44.8. The van der Waals surface area contributed by atoms with Crippen LogP contribution in [0.5, 0.6) is 0 Å². The zero-order valence-electron chi connectivity index (χ0n) is 17.3. The van der Waals surface area contributed by atoms with Gasteiger partial charge in [-0.3, -0.25) is 0 Å². The molecule has 0 bridgehead atoms. The first-order valence-electron chi connectivity index (χ1n) is 9.65. The van der Waals surface area contributed by atoms with Crippen LogP contribution >= 0.6 is 8.53 Å². The molecule has 4 rings (SSSR count). The molecule has 0 amide bonds. The molecule has 0 aromatic heterocycles. The van der Waals surface area contributed by atoms with Crippen molar-refractivity contribution in [2.45, 2.75) is 96.3 Å². The second kappa shape index (κ2) is 6.83. The van der Waals surface area contributed by atoms with Crippen LogP contribution in [0.25, 0.3) is 0 Å². The first kappa shape index (κ1) is 20.4. The number of rotatable bonds is 3. The van der Waals surface area contributed by atoms with E-state index < -0.39 is 26.4 Å². The van der Waals surface area contributed by atoms with Crippen molar-refractivity contribution >= 4 is 8.53 Å². The quantitative estimate of drug-likeness (QED) is 0.664. The molecule has 8 nitrogen and oxygen atoms in total. The fourth-order valence-electron chi connectivity index (χ4n) is 3.93. The van der Waals surface area contributed by atoms with Gasteiger partial charge in [-0.2, -0.15) is 0 Å². The molecule has 9 heteroatoms. The molecular weight excluding hydrogens is 373 g/mol. The minimum Gasteiger partial charge on any atom is -0.348 e. The average molecular weight is 405 g/mol. The average Bonchev–Trinajstić information content (AvgIpc) is 3.23. The van der Waals surface area contributed by atoms with Crippen LogP contribution in [0.15, 0.2) is 0 Å². The molecule has 0 aromatic carbocycles. The first-order valence-corrected chi connectivity index (χ1v) is 10.8. The molecule has 6 atom stereocenters. The van der Waals surface area contributed by atoms with E-state index in [4.69, 9.17) is 32.7 Å². The van der Waals surface area contributed by atoms with E-state index in [1.54, 1.807) is 0 Å². The van der Waals surface area contributed by atoms with Gasteiger partial charge in [0.15, 0.2) is 17.9 Å². The van der Waals surface area contributed by atoms with Crippen LogP contribution in [0.2, 0.25) is 0 Å². The van der Waals surface area contributed by atoms with Crippen LogP contribution in [0.3, 0.4) is 0 Å². The van der Waals surface area contributed by atoms with Crippen LogP contribution < -0.4 is 0 Å². The minimum absolute atomic E-state index is 0.0438. The largest absolute Gasteiger partial charge is 0.348 e. The molecular formula is C18H32NO7P. The van der Waals surface area contributed by atoms with E-state index in [-0.39, 0.29) is 30.0 Å². The minimum atomic E-state index is -1.21. The predicted molar refractivity (Wildman–Crippen MR) is 97.8 cm³/mol. The van der Waals surface area contributed by atoms with Crippen molar-refractivity contribution in [3.05, 3.63) is 0 Å². The molecule has 0 spiro atoms. The van der Waals surface area contributed by atoms with Gasteiger partial charge in [0.05, 0.1) is 13.2 Å². The predicted octanol–water partition coefficient (Wildman–Crippen LogP) is 2.76. The van der Waals surface area contributed by atoms with Crippen LogP contribution in [-0.4, -0.2) is 72.2 Å². The fraction of sp³-hybridized carbons (Fsp3) is 1.00. The van der Waals surface area contributed by atoms with Gasteiger partial charge in [0, 0.05) is 12.1 Å². The van der Waals surface area contributed by atoms with Gasteiger partial charge in [0.25, 0.3) is 8.53 Å². The maximum Gasteiger partial charge on any atom is 0.259 e. The number of hydrogen-bond donors (Lipinski definition) is 0. The second-order valence-corrected chi connectivity index (χ2v) is 10.8. The number of ether oxygens (including phenoxy) is 5. The second-order valence-electron chi connectivity index (χ2n) is 9.37. The van der Waals surface area contributed by atoms with E-state index in [0.717, 1.165) is 6.54 Å². The van der Waals surface area contributed by atoms with Crippen LogP contribution in [-0.2, 0) is 32.7 Å². The Hall–Kier alpha value is 0.110. The Labute approximate surface area is 162 Å². The summed E-state index contributed by atoms with van der Waals surface area (Å²) in [7, 11) is -1.21. The van der Waals surface area contributed by atoms with Crippen LogP contribution in [0, 0.1) is 0 Å². The number of hydrogen-bond acceptors (Lipinski definition) is 8. The third-order valence-electron chi connectivity index (χ3n) is 5.11. The van der Waals surface area contributed by atoms with E-state index in [1.807, 2.05) is 27.7 Å². The Morgan fingerprint density at radius 2 is 1.74 bits per heavy atom. The Bertz CT molecular complexity index is 566. The number of fused-ring (bicyclic) bond motifs is 1. The van der Waals surface area contributed by atoms with Crippen molar-refractivity contribution in [2.75, 3.05) is 19.8 Å². The fourth-order valence-corrected chi connectivity index (χ4v) is 5.66. The topological polar surface area (TPSA) is 67.9 Å². The van der Waals surface area contributed by atoms with Crippen molar-refractivity contribution < 1.29 is 32.7 Å². The third kappa shape index (κ3) is 4.06. The van der Waals surface area contributed by atoms with E-state index in [0.29, 0.717) is 13.2 Å². The van der Waals surface area contributed by atoms with E-state index in [2.05, 4.69) is 25.4 Å². The summed E-state index contributed by atoms with van der Waals surface area (Å²) in [5.41, 5.74) is -0.0438. The first-order chi connectivity index (χ1) is 12.5. The van der Waals surface area contributed by atoms with Crippen molar-refractivity contribution in [1.82, 2.24) is 4.67 Å². The molecule has 156 valence electrons. The van der Waals surface area contributed by atoms with Gasteiger partial charge in [0.1, 0.15) is 24.4 Å². The number of nitrogens with zero attached hydrogens (tertiary/aromatic N) is 1. The molecule has 4 aliphatic heterocycles. The zero-order valence-corrected chi connectivity index (χ0v) is 18.2. The molecule has 0 aliphatic carbocycles. The van der Waals surface area contributed by atoms with Gasteiger partial charge >= 0.3 is 0 Å². The summed E-state index contributed by atoms with van der Waals surface area (Å²) in [6.45, 7) is 16.0. The normalized spacial score (nSPS) is 44.1. The molecule has 4 saturated heterocycles. The van der Waals surface area contributed by atoms with Crippen molar-refractivity contribution in [3.8, 4) is 0 Å². The van der Waals surface area contributed by atoms with E-state index in [9.17, 15) is 0 Å². The van der Waals surface area contributed by atoms with Crippen molar-refractivity contribution in [1.29, 1.82) is 0 Å². The molecule has 1 unspecified atom stereocenters. The van der Waals surface area contributed by atoms with Gasteiger partial charge in [-0.05, 0) is 48.5 Å². The summed E-state index contributed by atoms with van der Waals surface area (Å²) in [6, 6.07) is 0. The van der Waals surface area contributed by atoms with E-state index in [1.165, 1.54) is 0 Å². The molecule has 4 aliphatic rings. The third-order valence-corrected chi connectivity index (χ3v) is 7.13. The molecule has 4 fully saturated rings. The molecule has 4 heterocycles. The van der Waals surface area contributed by atoms with Crippen molar-refractivity contribution in [3.63, 3.8) is 0 Å². The smallest absolute Gasteiger partial charge is 0.259 e. The van der Waals surface area contributed by atoms with Gasteiger partial charge in [-0.15, -0.1) is 0 Å². The van der Waals surface area contributed by atoms with Crippen LogP contribution in [0.1, 0.15) is 48.5 Å². The lowest BCUT2D eigenvalue weighted by molar-refractivity contribution is -0.230. The SMILES string of the molecule is CC1(C)O[C@@H]2O[C@@H]([C@H]3COC(C)(C)O3)[C@H](OP3OCCN3C(C)(C)C)[C@H]2O1. The van der Waals surface area contributed by atoms with Crippen LogP contribution in [0.4, 0.5) is 0 Å². The summed E-state index contributed by atoms with van der Waals surface area (Å²) in [4.78, 5) is 0. The Balaban J connectivity index is 1.54. The van der Waals surface area contributed by atoms with E-state index >= 15 is 0 Å². The monoisotopic (exact) mass is 405 g/mol. The van der Waals surface area contributed by atoms with Gasteiger partial charge in [-0.1, -0.05) is 0 Å². The summed E-state index contributed by atoms with van der Waals surface area (Å²) in [5.74, 6) is -1.34. The van der Waals surface area contributed by atoms with Gasteiger partial charge < -0.3 is 32.7 Å². The molecule has 0 aromatic rings. The lowest BCUT2D eigenvalue weighted by Gasteiger charge is -2.36. The highest BCUT2D eigenvalue weighted by atomic mass is 31.2. The molecule has 0 radical (unpaired) electrons. The molecule has 27 heavy (non-hydrogen) atoms. The highest BCUT2D eigenvalue weighted by Crippen LogP contribution is 2.55. The van der Waals surface area contributed by atoms with Gasteiger partial charge in [0.2, 0.25) is 0 Å². The molecule has 0 saturated carbocycles.